The quantitative estimate of drug-likeness (QED) is 0.158. The second-order valence-electron chi connectivity index (χ2n) is 11.8. The number of alkyl halides is 3. The molecule has 5 rings (SSSR count). The molecule has 3 aromatic rings. The van der Waals surface area contributed by atoms with Gasteiger partial charge in [-0.15, -0.1) is 5.73 Å². The first kappa shape index (κ1) is 42.0. The number of hydrogen-bond donors (Lipinski definition) is 2. The summed E-state index contributed by atoms with van der Waals surface area (Å²) in [7, 11) is 0. The number of halogens is 3. The second kappa shape index (κ2) is 21.0. The van der Waals surface area contributed by atoms with Crippen molar-refractivity contribution in [1.82, 2.24) is 10.3 Å². The minimum Gasteiger partial charge on any atom is -0.490 e. The van der Waals surface area contributed by atoms with Crippen molar-refractivity contribution in [2.75, 3.05) is 6.54 Å². The topological polar surface area (TPSA) is 77.2 Å². The van der Waals surface area contributed by atoms with Crippen LogP contribution >= 0.6 is 0 Å². The fourth-order valence-corrected chi connectivity index (χ4v) is 4.80. The molecule has 2 fully saturated rings. The SMILES string of the molecule is C.C=C=CNCCc1cc(CCC)c(C)c(-c2ccc(C(F)(F)F)cc2)n1.CC.CC(N)=O.Cc1ccc(OC2CC2)c(CC2CC2)c1. The minimum atomic E-state index is -4.33. The zero-order chi connectivity index (χ0) is 35.0. The lowest BCUT2D eigenvalue weighted by atomic mass is 9.97. The van der Waals surface area contributed by atoms with Gasteiger partial charge in [0.25, 0.3) is 0 Å². The van der Waals surface area contributed by atoms with Crippen molar-refractivity contribution >= 4 is 5.91 Å². The van der Waals surface area contributed by atoms with Crippen LogP contribution in [0.2, 0.25) is 0 Å². The Bertz CT molecular complexity index is 1450. The maximum atomic E-state index is 12.8. The molecule has 2 saturated carbocycles. The Kier molecular flexibility index (Phi) is 18.4. The summed E-state index contributed by atoms with van der Waals surface area (Å²) in [6.07, 6.45) is 7.00. The molecule has 2 aliphatic carbocycles. The van der Waals surface area contributed by atoms with E-state index in [1.165, 1.54) is 67.9 Å². The van der Waals surface area contributed by atoms with Gasteiger partial charge < -0.3 is 15.8 Å². The van der Waals surface area contributed by atoms with Crippen LogP contribution in [0.15, 0.2) is 67.0 Å². The molecule has 0 unspecified atom stereocenters. The van der Waals surface area contributed by atoms with Crippen LogP contribution in [0.1, 0.15) is 101 Å². The van der Waals surface area contributed by atoms with Crippen molar-refractivity contribution in [2.45, 2.75) is 113 Å². The number of nitrogens with one attached hydrogen (secondary N) is 1. The zero-order valence-electron chi connectivity index (χ0n) is 28.9. The number of ether oxygens (including phenoxy) is 1. The molecule has 264 valence electrons. The molecule has 2 aliphatic rings. The lowest BCUT2D eigenvalue weighted by Gasteiger charge is -2.14. The predicted molar refractivity (Wildman–Crippen MR) is 193 cm³/mol. The summed E-state index contributed by atoms with van der Waals surface area (Å²) in [6.45, 7) is 15.7. The fourth-order valence-electron chi connectivity index (χ4n) is 4.80. The highest BCUT2D eigenvalue weighted by Crippen LogP contribution is 2.37. The standard InChI is InChI=1S/C21H23F3N2.C14H18O.C2H5NO.C2H6.CH4/c1-4-6-17-14-19(11-13-25-12-5-2)26-20(15(17)3)16-7-9-18(10-8-16)21(22,23)24;1-10-2-7-14(15-13-5-6-13)12(8-10)9-11-3-4-11;1-2(3)4;1-2;/h7-10,12,14,25H,2,4,6,11,13H2,1,3H3;2,7-8,11,13H,3-6,9H2,1H3;1H3,(H2,3,4);1-2H3;1H4. The van der Waals surface area contributed by atoms with Crippen LogP contribution in [0, 0.1) is 19.8 Å². The highest BCUT2D eigenvalue weighted by atomic mass is 19.4. The second-order valence-corrected chi connectivity index (χ2v) is 11.8. The first-order valence-electron chi connectivity index (χ1n) is 16.7. The van der Waals surface area contributed by atoms with E-state index in [4.69, 9.17) is 9.72 Å². The highest BCUT2D eigenvalue weighted by Gasteiger charge is 2.30. The molecule has 8 heteroatoms. The molecule has 3 N–H and O–H groups in total. The van der Waals surface area contributed by atoms with Gasteiger partial charge >= 0.3 is 6.18 Å². The van der Waals surface area contributed by atoms with Gasteiger partial charge in [0.1, 0.15) is 5.75 Å². The number of hydrogen-bond acceptors (Lipinski definition) is 4. The van der Waals surface area contributed by atoms with Gasteiger partial charge in [0.15, 0.2) is 0 Å². The van der Waals surface area contributed by atoms with E-state index in [0.717, 1.165) is 53.6 Å². The summed E-state index contributed by atoms with van der Waals surface area (Å²) in [5, 5.41) is 3.07. The number of nitrogens with zero attached hydrogens (tertiary/aromatic N) is 1. The monoisotopic (exact) mass is 667 g/mol. The maximum absolute atomic E-state index is 12.8. The molecule has 0 spiro atoms. The van der Waals surface area contributed by atoms with E-state index in [9.17, 15) is 18.0 Å². The lowest BCUT2D eigenvalue weighted by molar-refractivity contribution is -0.137. The normalized spacial score (nSPS) is 13.0. The number of amides is 1. The number of rotatable bonds is 11. The molecule has 1 amide bonds. The molecular weight excluding hydrogens is 611 g/mol. The minimum absolute atomic E-state index is 0. The third-order valence-electron chi connectivity index (χ3n) is 7.41. The number of aryl methyl sites for hydroxylation is 2. The third kappa shape index (κ3) is 15.2. The lowest BCUT2D eigenvalue weighted by Crippen LogP contribution is -2.11. The first-order valence-corrected chi connectivity index (χ1v) is 16.7. The van der Waals surface area contributed by atoms with Gasteiger partial charge in [-0.05, 0) is 99.2 Å². The van der Waals surface area contributed by atoms with Crippen molar-refractivity contribution in [2.24, 2.45) is 11.7 Å². The predicted octanol–water partition coefficient (Wildman–Crippen LogP) is 10.1. The molecule has 5 nitrogen and oxygen atoms in total. The Morgan fingerprint density at radius 1 is 1.04 bits per heavy atom. The smallest absolute Gasteiger partial charge is 0.416 e. The summed E-state index contributed by atoms with van der Waals surface area (Å²) in [4.78, 5) is 13.9. The van der Waals surface area contributed by atoms with Crippen LogP contribution in [-0.2, 0) is 30.2 Å². The molecule has 1 aromatic heterocycles. The van der Waals surface area contributed by atoms with Gasteiger partial charge in [0, 0.05) is 37.3 Å². The molecule has 0 atom stereocenters. The van der Waals surface area contributed by atoms with E-state index in [1.54, 1.807) is 6.20 Å². The number of pyridine rings is 1. The van der Waals surface area contributed by atoms with Crippen molar-refractivity contribution < 1.29 is 22.7 Å². The number of carbonyl (C=O) groups excluding carboxylic acids is 1. The Labute approximate surface area is 286 Å². The van der Waals surface area contributed by atoms with Crippen LogP contribution in [0.4, 0.5) is 13.2 Å². The Hall–Kier alpha value is -4.03. The molecule has 0 radical (unpaired) electrons. The molecular formula is C40H56F3N3O2. The van der Waals surface area contributed by atoms with Gasteiger partial charge in [-0.2, -0.15) is 13.2 Å². The number of aromatic nitrogens is 1. The van der Waals surface area contributed by atoms with Crippen LogP contribution in [0.5, 0.6) is 5.75 Å². The summed E-state index contributed by atoms with van der Waals surface area (Å²) in [5.74, 6) is 1.75. The van der Waals surface area contributed by atoms with Crippen LogP contribution < -0.4 is 15.8 Å². The molecule has 0 saturated heterocycles. The van der Waals surface area contributed by atoms with Crippen LogP contribution in [0.3, 0.4) is 0 Å². The molecule has 48 heavy (non-hydrogen) atoms. The summed E-state index contributed by atoms with van der Waals surface area (Å²) >= 11 is 0. The van der Waals surface area contributed by atoms with Gasteiger partial charge in [0.2, 0.25) is 5.91 Å². The van der Waals surface area contributed by atoms with Crippen molar-refractivity contribution in [3.63, 3.8) is 0 Å². The van der Waals surface area contributed by atoms with Crippen molar-refractivity contribution in [3.05, 3.63) is 101 Å². The van der Waals surface area contributed by atoms with E-state index in [-0.39, 0.29) is 13.3 Å². The van der Waals surface area contributed by atoms with E-state index < -0.39 is 11.7 Å². The number of carbonyl (C=O) groups is 1. The van der Waals surface area contributed by atoms with Gasteiger partial charge in [-0.25, -0.2) is 0 Å². The Morgan fingerprint density at radius 2 is 1.67 bits per heavy atom. The molecule has 0 aliphatic heterocycles. The first-order chi connectivity index (χ1) is 22.4. The largest absolute Gasteiger partial charge is 0.490 e. The van der Waals surface area contributed by atoms with Gasteiger partial charge in [-0.3, -0.25) is 9.78 Å². The van der Waals surface area contributed by atoms with Crippen molar-refractivity contribution in [3.8, 4) is 17.0 Å². The Balaban J connectivity index is 0.000000440. The summed E-state index contributed by atoms with van der Waals surface area (Å²) < 4.78 is 44.3. The number of benzene rings is 2. The van der Waals surface area contributed by atoms with E-state index in [2.05, 4.69) is 61.5 Å². The van der Waals surface area contributed by atoms with Gasteiger partial charge in [-0.1, -0.05) is 71.0 Å². The number of nitrogens with two attached hydrogens (primary N) is 1. The zero-order valence-corrected chi connectivity index (χ0v) is 28.9. The fraction of sp³-hybridized carbons (Fsp3) is 0.475. The van der Waals surface area contributed by atoms with Crippen LogP contribution in [0.25, 0.3) is 11.3 Å². The van der Waals surface area contributed by atoms with E-state index in [1.807, 2.05) is 20.8 Å². The summed E-state index contributed by atoms with van der Waals surface area (Å²) in [6, 6.07) is 13.9. The third-order valence-corrected chi connectivity index (χ3v) is 7.41. The molecule has 0 bridgehead atoms. The Morgan fingerprint density at radius 3 is 2.19 bits per heavy atom. The van der Waals surface area contributed by atoms with E-state index >= 15 is 0 Å². The maximum Gasteiger partial charge on any atom is 0.416 e. The number of primary amides is 1. The van der Waals surface area contributed by atoms with Crippen LogP contribution in [-0.4, -0.2) is 23.5 Å². The van der Waals surface area contributed by atoms with Gasteiger partial charge in [0.05, 0.1) is 17.4 Å². The van der Waals surface area contributed by atoms with Crippen molar-refractivity contribution in [1.29, 1.82) is 0 Å². The summed E-state index contributed by atoms with van der Waals surface area (Å²) in [5.41, 5.74) is 13.8. The average Bonchev–Trinajstić information content (AvgIpc) is 3.97. The average molecular weight is 668 g/mol. The van der Waals surface area contributed by atoms with E-state index in [0.29, 0.717) is 24.6 Å². The molecule has 1 heterocycles. The molecule has 2 aromatic carbocycles. The highest BCUT2D eigenvalue weighted by molar-refractivity contribution is 5.70.